The third-order valence-electron chi connectivity index (χ3n) is 3.87. The van der Waals surface area contributed by atoms with Crippen molar-refractivity contribution in [2.24, 2.45) is 5.92 Å². The molecule has 0 radical (unpaired) electrons. The van der Waals surface area contributed by atoms with Crippen LogP contribution in [0, 0.1) is 5.92 Å². The van der Waals surface area contributed by atoms with Gasteiger partial charge in [-0.2, -0.15) is 0 Å². The summed E-state index contributed by atoms with van der Waals surface area (Å²) in [6, 6.07) is 0.741. The van der Waals surface area contributed by atoms with Crippen LogP contribution >= 0.6 is 0 Å². The van der Waals surface area contributed by atoms with Crippen LogP contribution in [-0.2, 0) is 0 Å². The molecule has 2 fully saturated rings. The number of hydrogen-bond acceptors (Lipinski definition) is 3. The predicted octanol–water partition coefficient (Wildman–Crippen LogP) is 0.622. The van der Waals surface area contributed by atoms with E-state index in [1.165, 1.54) is 52.1 Å². The van der Waals surface area contributed by atoms with Gasteiger partial charge in [-0.1, -0.05) is 0 Å². The second-order valence-electron chi connectivity index (χ2n) is 5.31. The molecule has 0 aromatic carbocycles. The highest BCUT2D eigenvalue weighted by molar-refractivity contribution is 4.79. The molecule has 1 unspecified atom stereocenters. The first-order chi connectivity index (χ1) is 7.25. The number of nitrogens with one attached hydrogen (secondary N) is 1. The molecular formula is C12H25N3. The van der Waals surface area contributed by atoms with Crippen molar-refractivity contribution in [1.82, 2.24) is 15.1 Å². The smallest absolute Gasteiger partial charge is 0.0194 e. The van der Waals surface area contributed by atoms with Crippen molar-refractivity contribution in [3.05, 3.63) is 0 Å². The minimum Gasteiger partial charge on any atom is -0.316 e. The Balaban J connectivity index is 1.73. The second kappa shape index (κ2) is 5.28. The largest absolute Gasteiger partial charge is 0.316 e. The van der Waals surface area contributed by atoms with Crippen molar-refractivity contribution in [2.45, 2.75) is 25.8 Å². The molecule has 0 saturated carbocycles. The van der Waals surface area contributed by atoms with Crippen molar-refractivity contribution in [3.8, 4) is 0 Å². The van der Waals surface area contributed by atoms with Crippen molar-refractivity contribution >= 4 is 0 Å². The Bertz CT molecular complexity index is 191. The van der Waals surface area contributed by atoms with Gasteiger partial charge in [0.25, 0.3) is 0 Å². The fraction of sp³-hybridized carbons (Fsp3) is 1.00. The fourth-order valence-corrected chi connectivity index (χ4v) is 2.66. The maximum Gasteiger partial charge on any atom is 0.0194 e. The lowest BCUT2D eigenvalue weighted by molar-refractivity contribution is 0.178. The molecule has 0 aliphatic carbocycles. The summed E-state index contributed by atoms with van der Waals surface area (Å²) in [6.07, 6.45) is 2.73. The van der Waals surface area contributed by atoms with Crippen LogP contribution in [0.3, 0.4) is 0 Å². The molecule has 2 aliphatic heterocycles. The SMILES string of the molecule is CC1CN(C)CCCN1CCC1CNC1. The van der Waals surface area contributed by atoms with E-state index < -0.39 is 0 Å². The molecule has 15 heavy (non-hydrogen) atoms. The van der Waals surface area contributed by atoms with Crippen LogP contribution in [0.2, 0.25) is 0 Å². The van der Waals surface area contributed by atoms with Crippen molar-refractivity contribution in [2.75, 3.05) is 46.3 Å². The van der Waals surface area contributed by atoms with E-state index in [1.54, 1.807) is 0 Å². The molecule has 1 atom stereocenters. The van der Waals surface area contributed by atoms with E-state index in [1.807, 2.05) is 0 Å². The van der Waals surface area contributed by atoms with E-state index in [2.05, 4.69) is 29.1 Å². The van der Waals surface area contributed by atoms with Crippen molar-refractivity contribution in [3.63, 3.8) is 0 Å². The maximum atomic E-state index is 3.35. The fourth-order valence-electron chi connectivity index (χ4n) is 2.66. The van der Waals surface area contributed by atoms with Crippen molar-refractivity contribution < 1.29 is 0 Å². The lowest BCUT2D eigenvalue weighted by Crippen LogP contribution is -2.45. The summed E-state index contributed by atoms with van der Waals surface area (Å²) in [7, 11) is 2.25. The maximum absolute atomic E-state index is 3.35. The Morgan fingerprint density at radius 3 is 2.73 bits per heavy atom. The molecule has 0 aromatic rings. The summed E-state index contributed by atoms with van der Waals surface area (Å²) in [4.78, 5) is 5.15. The quantitative estimate of drug-likeness (QED) is 0.738. The van der Waals surface area contributed by atoms with Crippen LogP contribution in [0.1, 0.15) is 19.8 Å². The van der Waals surface area contributed by atoms with Gasteiger partial charge in [-0.15, -0.1) is 0 Å². The minimum absolute atomic E-state index is 0.741. The number of nitrogens with zero attached hydrogens (tertiary/aromatic N) is 2. The topological polar surface area (TPSA) is 18.5 Å². The molecule has 0 spiro atoms. The Hall–Kier alpha value is -0.120. The summed E-state index contributed by atoms with van der Waals surface area (Å²) in [5, 5.41) is 3.35. The third-order valence-corrected chi connectivity index (χ3v) is 3.87. The van der Waals surface area contributed by atoms with E-state index in [0.717, 1.165) is 12.0 Å². The van der Waals surface area contributed by atoms with Crippen molar-refractivity contribution in [1.29, 1.82) is 0 Å². The van der Waals surface area contributed by atoms with Crippen LogP contribution in [0.4, 0.5) is 0 Å². The lowest BCUT2D eigenvalue weighted by atomic mass is 9.99. The lowest BCUT2D eigenvalue weighted by Gasteiger charge is -2.32. The standard InChI is InChI=1S/C12H25N3/c1-11-10-14(2)5-3-6-15(11)7-4-12-8-13-9-12/h11-13H,3-10H2,1-2H3. The summed E-state index contributed by atoms with van der Waals surface area (Å²) in [6.45, 7) is 9.99. The highest BCUT2D eigenvalue weighted by atomic mass is 15.2. The normalized spacial score (nSPS) is 31.2. The highest BCUT2D eigenvalue weighted by Gasteiger charge is 2.22. The molecule has 0 bridgehead atoms. The Morgan fingerprint density at radius 2 is 2.07 bits per heavy atom. The van der Waals surface area contributed by atoms with Gasteiger partial charge in [-0.3, -0.25) is 4.90 Å². The summed E-state index contributed by atoms with van der Waals surface area (Å²) in [5.74, 6) is 0.957. The Kier molecular flexibility index (Phi) is 4.00. The molecule has 88 valence electrons. The molecule has 1 N–H and O–H groups in total. The van der Waals surface area contributed by atoms with Gasteiger partial charge in [0.05, 0.1) is 0 Å². The molecule has 2 rings (SSSR count). The van der Waals surface area contributed by atoms with E-state index in [9.17, 15) is 0 Å². The zero-order valence-electron chi connectivity index (χ0n) is 10.2. The minimum atomic E-state index is 0.741. The van der Waals surface area contributed by atoms with Crippen LogP contribution in [0.25, 0.3) is 0 Å². The van der Waals surface area contributed by atoms with Gasteiger partial charge in [0.15, 0.2) is 0 Å². The average molecular weight is 211 g/mol. The highest BCUT2D eigenvalue weighted by Crippen LogP contribution is 2.13. The van der Waals surface area contributed by atoms with Gasteiger partial charge < -0.3 is 10.2 Å². The molecule has 2 saturated heterocycles. The Labute approximate surface area is 93.8 Å². The number of rotatable bonds is 3. The second-order valence-corrected chi connectivity index (χ2v) is 5.31. The first-order valence-electron chi connectivity index (χ1n) is 6.39. The number of hydrogen-bond donors (Lipinski definition) is 1. The van der Waals surface area contributed by atoms with Crippen LogP contribution in [0.15, 0.2) is 0 Å². The molecule has 3 heteroatoms. The zero-order chi connectivity index (χ0) is 10.7. The Morgan fingerprint density at radius 1 is 1.27 bits per heavy atom. The average Bonchev–Trinajstić information content (AvgIpc) is 2.26. The molecule has 0 aromatic heterocycles. The van der Waals surface area contributed by atoms with E-state index >= 15 is 0 Å². The van der Waals surface area contributed by atoms with E-state index in [0.29, 0.717) is 0 Å². The molecule has 2 heterocycles. The van der Waals surface area contributed by atoms with Gasteiger partial charge >= 0.3 is 0 Å². The van der Waals surface area contributed by atoms with Gasteiger partial charge in [-0.05, 0) is 65.5 Å². The van der Waals surface area contributed by atoms with E-state index in [4.69, 9.17) is 0 Å². The van der Waals surface area contributed by atoms with Crippen LogP contribution in [-0.4, -0.2) is 62.2 Å². The van der Waals surface area contributed by atoms with Gasteiger partial charge in [-0.25, -0.2) is 0 Å². The van der Waals surface area contributed by atoms with Gasteiger partial charge in [0.2, 0.25) is 0 Å². The number of likely N-dealkylation sites (N-methyl/N-ethyl adjacent to an activating group) is 1. The van der Waals surface area contributed by atoms with Crippen LogP contribution < -0.4 is 5.32 Å². The third kappa shape index (κ3) is 3.16. The van der Waals surface area contributed by atoms with Crippen LogP contribution in [0.5, 0.6) is 0 Å². The van der Waals surface area contributed by atoms with E-state index in [-0.39, 0.29) is 0 Å². The van der Waals surface area contributed by atoms with Gasteiger partial charge in [0, 0.05) is 12.6 Å². The molecule has 2 aliphatic rings. The predicted molar refractivity (Wildman–Crippen MR) is 64.1 cm³/mol. The zero-order valence-corrected chi connectivity index (χ0v) is 10.2. The first kappa shape index (κ1) is 11.4. The molecular weight excluding hydrogens is 186 g/mol. The summed E-state index contributed by atoms with van der Waals surface area (Å²) in [5.41, 5.74) is 0. The molecule has 3 nitrogen and oxygen atoms in total. The van der Waals surface area contributed by atoms with Gasteiger partial charge in [0.1, 0.15) is 0 Å². The molecule has 0 amide bonds. The summed E-state index contributed by atoms with van der Waals surface area (Å²) < 4.78 is 0. The monoisotopic (exact) mass is 211 g/mol. The summed E-state index contributed by atoms with van der Waals surface area (Å²) >= 11 is 0. The first-order valence-corrected chi connectivity index (χ1v) is 6.39.